The lowest BCUT2D eigenvalue weighted by Gasteiger charge is -2.32. The van der Waals surface area contributed by atoms with E-state index >= 15 is 0 Å². The molecule has 10 heterocycles. The van der Waals surface area contributed by atoms with Crippen molar-refractivity contribution in [1.29, 1.82) is 0 Å². The van der Waals surface area contributed by atoms with Gasteiger partial charge in [0.25, 0.3) is 5.56 Å². The number of hydrogen-bond donors (Lipinski definition) is 4. The number of amides is 3. The predicted molar refractivity (Wildman–Crippen MR) is 413 cm³/mol. The zero-order chi connectivity index (χ0) is 81.9. The first kappa shape index (κ1) is 82.3. The van der Waals surface area contributed by atoms with Gasteiger partial charge in [-0.25, -0.2) is 33.7 Å². The van der Waals surface area contributed by atoms with Gasteiger partial charge in [-0.15, -0.1) is 48.1 Å². The number of rotatable bonds is 14. The molecule has 23 nitrogen and oxygen atoms in total. The first-order valence-electron chi connectivity index (χ1n) is 35.3. The molecule has 0 unspecified atom stereocenters. The number of nitrogens with zero attached hydrogens (tertiary/aromatic N) is 5. The number of methoxy groups -OCH3 is 2. The largest absolute Gasteiger partial charge is 0.586 e. The Kier molecular flexibility index (Phi) is 22.6. The van der Waals surface area contributed by atoms with Crippen LogP contribution in [-0.2, 0) is 39.9 Å². The summed E-state index contributed by atoms with van der Waals surface area (Å²) in [5, 5.41) is 8.57. The number of nitrogens with one attached hydrogen (secondary N) is 4. The fraction of sp³-hybridized carbons (Fsp3) is 0.346. The molecule has 4 fully saturated rings. The van der Waals surface area contributed by atoms with Gasteiger partial charge in [-0.1, -0.05) is 73.7 Å². The molecular formula is C78H76BClF8IN9O14Si. The van der Waals surface area contributed by atoms with Gasteiger partial charge < -0.3 is 68.1 Å². The monoisotopic (exact) mass is 1720 g/mol. The molecule has 7 aliphatic rings. The number of carbonyl (C=O) groups is 3. The lowest BCUT2D eigenvalue weighted by Crippen LogP contribution is -2.41. The molecule has 4 N–H and O–H groups in total. The minimum absolute atomic E-state index is 0.0384. The fourth-order valence-electron chi connectivity index (χ4n) is 12.4. The van der Waals surface area contributed by atoms with Gasteiger partial charge in [-0.05, 0) is 200 Å². The molecule has 3 aliphatic carbocycles. The van der Waals surface area contributed by atoms with Crippen molar-refractivity contribution in [3.8, 4) is 68.8 Å². The fourth-order valence-corrected chi connectivity index (χ4v) is 12.5. The maximum absolute atomic E-state index is 13.8. The molecule has 1 saturated heterocycles. The lowest BCUT2D eigenvalue weighted by atomic mass is 9.79. The number of aryl methyl sites for hydroxylation is 4. The molecule has 3 saturated carbocycles. The van der Waals surface area contributed by atoms with Crippen LogP contribution in [0.5, 0.6) is 46.3 Å². The highest BCUT2D eigenvalue weighted by atomic mass is 127. The molecule has 0 bridgehead atoms. The Balaban J connectivity index is 0.000000139. The summed E-state index contributed by atoms with van der Waals surface area (Å²) in [4.78, 5) is 74.5. The number of carbonyl (C=O) groups excluding carboxylic acids is 3. The Hall–Kier alpha value is -10.2. The van der Waals surface area contributed by atoms with Crippen LogP contribution in [0.25, 0.3) is 22.5 Å². The van der Waals surface area contributed by atoms with Crippen LogP contribution < -0.4 is 64.9 Å². The molecule has 9 aromatic rings. The highest BCUT2D eigenvalue weighted by Crippen LogP contribution is 2.56. The average molecular weight is 1720 g/mol. The first-order chi connectivity index (χ1) is 52.9. The van der Waals surface area contributed by atoms with Gasteiger partial charge in [0, 0.05) is 17.9 Å². The van der Waals surface area contributed by atoms with E-state index in [1.807, 2.05) is 47.6 Å². The summed E-state index contributed by atoms with van der Waals surface area (Å²) in [5.74, 6) is -1.15. The number of pyridine rings is 6. The van der Waals surface area contributed by atoms with Crippen LogP contribution in [0.1, 0.15) is 105 Å². The predicted octanol–water partition coefficient (Wildman–Crippen LogP) is 16.5. The zero-order valence-electron chi connectivity index (χ0n) is 63.2. The van der Waals surface area contributed by atoms with Gasteiger partial charge in [0.2, 0.25) is 29.5 Å². The summed E-state index contributed by atoms with van der Waals surface area (Å²) in [6, 6.07) is 27.4. The number of halogens is 10. The quantitative estimate of drug-likeness (QED) is 0.0259. The first-order valence-corrected chi connectivity index (χ1v) is 42.3. The number of hydrogen-bond acceptors (Lipinski definition) is 19. The number of ether oxygens (including phenoxy) is 8. The Bertz CT molecular complexity index is 5270. The van der Waals surface area contributed by atoms with Gasteiger partial charge in [-0.2, -0.15) is 0 Å². The van der Waals surface area contributed by atoms with Crippen molar-refractivity contribution < 1.29 is 96.7 Å². The molecule has 0 radical (unpaired) electrons. The van der Waals surface area contributed by atoms with E-state index in [0.29, 0.717) is 88.9 Å². The van der Waals surface area contributed by atoms with E-state index in [1.165, 1.54) is 49.6 Å². The van der Waals surface area contributed by atoms with Crippen LogP contribution in [0.2, 0.25) is 24.8 Å². The van der Waals surface area contributed by atoms with Crippen molar-refractivity contribution in [3.05, 3.63) is 194 Å². The third-order valence-corrected chi connectivity index (χ3v) is 19.9. The number of benzene rings is 3. The molecule has 594 valence electrons. The van der Waals surface area contributed by atoms with E-state index in [0.717, 1.165) is 40.6 Å². The van der Waals surface area contributed by atoms with Crippen LogP contribution in [0.4, 0.5) is 52.6 Å². The SMILES string of the molecule is COc1ncc(C)cc1B1OC(C)(C)C(C)(C)O1.COc1ncc(F)cc1-c1nc(NC(=O)C2(c3ccc4c(c3)OC(F)(F)O4)CC2)ccc1C.C[Si](C)(C)I.Cc1ccc(NC(=O)C2(c3ccc4c(c3)OC(F)(F)O4)CC2)nc1-c1cc(F)c[nH]c1=O.Cc1ccc(NC(=O)C2(c3ccc4c(c3)OC(F)(F)O4)CC2)nc1Cl. The maximum Gasteiger partial charge on any atom is 0.586 e. The summed E-state index contributed by atoms with van der Waals surface area (Å²) < 4.78 is 156. The van der Waals surface area contributed by atoms with E-state index in [9.17, 15) is 54.3 Å². The number of fused-ring (bicyclic) bond motifs is 3. The maximum atomic E-state index is 13.8. The van der Waals surface area contributed by atoms with Crippen molar-refractivity contribution in [2.24, 2.45) is 0 Å². The Morgan fingerprint density at radius 3 is 1.26 bits per heavy atom. The Labute approximate surface area is 662 Å². The minimum Gasteiger partial charge on any atom is -0.481 e. The molecule has 0 atom stereocenters. The highest BCUT2D eigenvalue weighted by molar-refractivity contribution is 14.1. The van der Waals surface area contributed by atoms with Gasteiger partial charge >= 0.3 is 26.0 Å². The van der Waals surface area contributed by atoms with Crippen molar-refractivity contribution in [2.75, 3.05) is 30.2 Å². The standard InChI is InChI=1S/C23H18F3N3O4.C22H16F3N3O4.C17H13ClF2N2O3.C13H20BNO3.C3H9ISi/c1-12-3-6-18(28-19(12)15-10-14(24)11-27-20(15)31-2)29-21(30)22(7-8-22)13-4-5-16-17(9-13)33-23(25,26)32-16;1-11-2-5-17(27-18(11)14-9-13(23)10-26-19(14)29)28-20(30)21(6-7-21)12-3-4-15-16(8-12)32-22(24,25)31-15;1-9-2-5-13(21-14(9)18)22-15(23)16(6-7-16)10-3-4-11-12(8-10)25-17(19,20)24-11;1-9-7-10(11(16-6)15-8-9)14-17-12(2,3)13(4,5)18-14;1-5(2,3)4/h3-6,9-11H,7-8H2,1-2H3,(H,28,29,30);2-5,8-10H,6-7H2,1H3,(H,26,29)(H,27,28,30);2-5,8H,6-7H2,1H3,(H,21,22,23);7-8H,1-6H3;1-3H3. The zero-order valence-corrected chi connectivity index (χ0v) is 67.1. The smallest absolute Gasteiger partial charge is 0.481 e. The molecule has 6 aromatic heterocycles. The Morgan fingerprint density at radius 1 is 0.504 bits per heavy atom. The van der Waals surface area contributed by atoms with E-state index in [4.69, 9.17) is 30.4 Å². The summed E-state index contributed by atoms with van der Waals surface area (Å²) in [6.45, 7) is 22.4. The summed E-state index contributed by atoms with van der Waals surface area (Å²) in [7, 11) is 2.59. The number of aromatic amines is 1. The number of anilines is 3. The van der Waals surface area contributed by atoms with Crippen LogP contribution >= 0.6 is 33.4 Å². The van der Waals surface area contributed by atoms with Crippen molar-refractivity contribution >= 4 is 86.7 Å². The molecule has 0 spiro atoms. The van der Waals surface area contributed by atoms with E-state index in [2.05, 4.69) is 116 Å². The van der Waals surface area contributed by atoms with Crippen molar-refractivity contribution in [3.63, 3.8) is 0 Å². The minimum atomic E-state index is -3.74. The van der Waals surface area contributed by atoms with E-state index in [-0.39, 0.29) is 92.2 Å². The molecule has 35 heteroatoms. The van der Waals surface area contributed by atoms with Crippen LogP contribution in [0.3, 0.4) is 0 Å². The number of aromatic nitrogens is 6. The van der Waals surface area contributed by atoms with Crippen LogP contribution in [-0.4, -0.2) is 105 Å². The molecule has 3 aromatic carbocycles. The second kappa shape index (κ2) is 31.0. The summed E-state index contributed by atoms with van der Waals surface area (Å²) in [5.41, 5.74) is 2.30. The molecule has 16 rings (SSSR count). The number of H-pyrrole nitrogens is 1. The Morgan fingerprint density at radius 2 is 0.867 bits per heavy atom. The average Bonchev–Trinajstić information content (AvgIpc) is 1.57. The second-order valence-corrected chi connectivity index (χ2v) is 43.9. The molecule has 4 aliphatic heterocycles. The molecule has 113 heavy (non-hydrogen) atoms. The van der Waals surface area contributed by atoms with Crippen molar-refractivity contribution in [1.82, 2.24) is 29.9 Å². The highest BCUT2D eigenvalue weighted by Gasteiger charge is 2.57. The van der Waals surface area contributed by atoms with Crippen LogP contribution in [0.15, 0.2) is 133 Å². The van der Waals surface area contributed by atoms with Gasteiger partial charge in [0.05, 0.1) is 70.4 Å². The second-order valence-electron chi connectivity index (χ2n) is 29.7. The number of alkyl halides is 6. The lowest BCUT2D eigenvalue weighted by molar-refractivity contribution is -0.287. The van der Waals surface area contributed by atoms with Gasteiger partial charge in [-0.3, -0.25) is 19.2 Å². The van der Waals surface area contributed by atoms with Crippen LogP contribution in [0, 0.1) is 39.3 Å². The van der Waals surface area contributed by atoms with E-state index < -0.39 is 65.0 Å². The van der Waals surface area contributed by atoms with E-state index in [1.54, 1.807) is 81.8 Å². The normalized spacial score (nSPS) is 17.8. The molecule has 3 amide bonds. The van der Waals surface area contributed by atoms with Gasteiger partial charge in [0.15, 0.2) is 34.5 Å². The topological polar surface area (TPSA) is 277 Å². The third kappa shape index (κ3) is 18.4. The summed E-state index contributed by atoms with van der Waals surface area (Å²) >= 11 is 8.49. The third-order valence-electron chi connectivity index (χ3n) is 19.5. The molecular weight excluding hydrogens is 1640 g/mol. The van der Waals surface area contributed by atoms with Gasteiger partial charge in [0.1, 0.15) is 39.8 Å². The summed E-state index contributed by atoms with van der Waals surface area (Å²) in [6.07, 6.45) is -4.07. The van der Waals surface area contributed by atoms with Crippen molar-refractivity contribution in [2.45, 2.75) is 160 Å².